The summed E-state index contributed by atoms with van der Waals surface area (Å²) in [6.07, 6.45) is 2.92. The molecule has 3 rings (SSSR count). The molecule has 0 bridgehead atoms. The molecule has 0 saturated heterocycles. The highest BCUT2D eigenvalue weighted by Crippen LogP contribution is 2.22. The molecule has 0 spiro atoms. The van der Waals surface area contributed by atoms with Crippen molar-refractivity contribution < 1.29 is 5.11 Å². The fourth-order valence-corrected chi connectivity index (χ4v) is 2.24. The number of aromatic nitrogens is 3. The van der Waals surface area contributed by atoms with Crippen LogP contribution in [0.2, 0.25) is 0 Å². The normalized spacial score (nSPS) is 12.6. The Bertz CT molecular complexity index is 769. The molecule has 0 aliphatic carbocycles. The van der Waals surface area contributed by atoms with Crippen molar-refractivity contribution in [2.45, 2.75) is 20.0 Å². The zero-order chi connectivity index (χ0) is 14.1. The van der Waals surface area contributed by atoms with Crippen LogP contribution in [-0.2, 0) is 0 Å². The smallest absolute Gasteiger partial charge is 0.159 e. The Kier molecular flexibility index (Phi) is 3.16. The first-order valence-corrected chi connectivity index (χ1v) is 6.52. The van der Waals surface area contributed by atoms with E-state index in [1.807, 2.05) is 37.3 Å². The lowest BCUT2D eigenvalue weighted by molar-refractivity contribution is 0.197. The molecule has 20 heavy (non-hydrogen) atoms. The van der Waals surface area contributed by atoms with E-state index in [0.29, 0.717) is 5.82 Å². The second-order valence-electron chi connectivity index (χ2n) is 4.82. The number of aliphatic hydroxyl groups is 1. The topological polar surface area (TPSA) is 58.9 Å². The Balaban J connectivity index is 2.08. The lowest BCUT2D eigenvalue weighted by Gasteiger charge is -2.09. The van der Waals surface area contributed by atoms with Crippen molar-refractivity contribution in [3.05, 3.63) is 54.0 Å². The molecule has 100 valence electrons. The molecule has 0 amide bonds. The van der Waals surface area contributed by atoms with Gasteiger partial charge in [0.1, 0.15) is 0 Å². The molecule has 0 fully saturated rings. The van der Waals surface area contributed by atoms with Gasteiger partial charge in [-0.2, -0.15) is 0 Å². The van der Waals surface area contributed by atoms with Crippen molar-refractivity contribution in [1.82, 2.24) is 15.0 Å². The Morgan fingerprint density at radius 2 is 2.00 bits per heavy atom. The average Bonchev–Trinajstić information content (AvgIpc) is 2.46. The zero-order valence-electron chi connectivity index (χ0n) is 11.4. The predicted molar refractivity (Wildman–Crippen MR) is 78.1 cm³/mol. The third-order valence-corrected chi connectivity index (χ3v) is 3.33. The zero-order valence-corrected chi connectivity index (χ0v) is 11.4. The van der Waals surface area contributed by atoms with Gasteiger partial charge in [0.05, 0.1) is 11.6 Å². The van der Waals surface area contributed by atoms with E-state index in [1.54, 1.807) is 19.3 Å². The minimum atomic E-state index is -0.551. The molecule has 4 nitrogen and oxygen atoms in total. The van der Waals surface area contributed by atoms with E-state index in [0.717, 1.165) is 27.7 Å². The van der Waals surface area contributed by atoms with Crippen LogP contribution in [-0.4, -0.2) is 20.1 Å². The lowest BCUT2D eigenvalue weighted by Crippen LogP contribution is -2.01. The Hall–Kier alpha value is -2.33. The van der Waals surface area contributed by atoms with Crippen LogP contribution >= 0.6 is 0 Å². The van der Waals surface area contributed by atoms with E-state index in [4.69, 9.17) is 0 Å². The molecule has 1 N–H and O–H groups in total. The highest BCUT2D eigenvalue weighted by Gasteiger charge is 2.09. The van der Waals surface area contributed by atoms with Crippen LogP contribution in [0.15, 0.2) is 42.7 Å². The molecule has 1 aromatic carbocycles. The maximum atomic E-state index is 9.62. The number of nitrogens with zero attached hydrogens (tertiary/aromatic N) is 3. The van der Waals surface area contributed by atoms with Crippen LogP contribution in [0.3, 0.4) is 0 Å². The number of rotatable bonds is 2. The molecule has 1 atom stereocenters. The molecule has 0 aliphatic rings. The average molecular weight is 265 g/mol. The SMILES string of the molecule is Cc1nc(-c2ccc3ncccc3c2)ncc1[C@H](C)O. The maximum Gasteiger partial charge on any atom is 0.159 e. The van der Waals surface area contributed by atoms with Crippen molar-refractivity contribution in [1.29, 1.82) is 0 Å². The first-order valence-electron chi connectivity index (χ1n) is 6.52. The Morgan fingerprint density at radius 3 is 2.75 bits per heavy atom. The summed E-state index contributed by atoms with van der Waals surface area (Å²) in [5, 5.41) is 10.7. The minimum absolute atomic E-state index is 0.551. The van der Waals surface area contributed by atoms with Crippen LogP contribution < -0.4 is 0 Å². The summed E-state index contributed by atoms with van der Waals surface area (Å²) >= 11 is 0. The van der Waals surface area contributed by atoms with Gasteiger partial charge in [0.2, 0.25) is 0 Å². The number of aliphatic hydroxyl groups excluding tert-OH is 1. The van der Waals surface area contributed by atoms with Crippen molar-refractivity contribution in [2.24, 2.45) is 0 Å². The van der Waals surface area contributed by atoms with Crippen molar-refractivity contribution in [2.75, 3.05) is 0 Å². The second kappa shape index (κ2) is 4.98. The Morgan fingerprint density at radius 1 is 1.15 bits per heavy atom. The summed E-state index contributed by atoms with van der Waals surface area (Å²) in [7, 11) is 0. The monoisotopic (exact) mass is 265 g/mol. The number of pyridine rings is 1. The van der Waals surface area contributed by atoms with E-state index in [-0.39, 0.29) is 0 Å². The summed E-state index contributed by atoms with van der Waals surface area (Å²) in [5.74, 6) is 0.664. The molecular formula is C16H15N3O. The lowest BCUT2D eigenvalue weighted by atomic mass is 10.1. The number of hydrogen-bond acceptors (Lipinski definition) is 4. The molecule has 0 saturated carbocycles. The fraction of sp³-hybridized carbons (Fsp3) is 0.188. The van der Waals surface area contributed by atoms with Crippen molar-refractivity contribution >= 4 is 10.9 Å². The fourth-order valence-electron chi connectivity index (χ4n) is 2.24. The van der Waals surface area contributed by atoms with Crippen LogP contribution in [0.1, 0.15) is 24.3 Å². The van der Waals surface area contributed by atoms with E-state index < -0.39 is 6.10 Å². The van der Waals surface area contributed by atoms with E-state index in [9.17, 15) is 5.11 Å². The van der Waals surface area contributed by atoms with E-state index in [2.05, 4.69) is 15.0 Å². The number of hydrogen-bond donors (Lipinski definition) is 1. The van der Waals surface area contributed by atoms with Crippen LogP contribution in [0, 0.1) is 6.92 Å². The third kappa shape index (κ3) is 2.26. The van der Waals surface area contributed by atoms with E-state index >= 15 is 0 Å². The summed E-state index contributed by atoms with van der Waals surface area (Å²) in [4.78, 5) is 13.1. The largest absolute Gasteiger partial charge is 0.389 e. The van der Waals surface area contributed by atoms with Gasteiger partial charge in [0.15, 0.2) is 5.82 Å². The van der Waals surface area contributed by atoms with Crippen LogP contribution in [0.25, 0.3) is 22.3 Å². The molecule has 4 heteroatoms. The summed E-state index contributed by atoms with van der Waals surface area (Å²) in [6.45, 7) is 3.60. The quantitative estimate of drug-likeness (QED) is 0.773. The van der Waals surface area contributed by atoms with Gasteiger partial charge >= 0.3 is 0 Å². The molecule has 0 aliphatic heterocycles. The number of fused-ring (bicyclic) bond motifs is 1. The van der Waals surface area contributed by atoms with Gasteiger partial charge in [-0.25, -0.2) is 9.97 Å². The predicted octanol–water partition coefficient (Wildman–Crippen LogP) is 3.05. The Labute approximate surface area is 117 Å². The molecule has 0 unspecified atom stereocenters. The molecule has 2 aromatic heterocycles. The molecular weight excluding hydrogens is 250 g/mol. The summed E-state index contributed by atoms with van der Waals surface area (Å²) in [6, 6.07) is 9.88. The van der Waals surface area contributed by atoms with Gasteiger partial charge in [-0.05, 0) is 38.1 Å². The second-order valence-corrected chi connectivity index (χ2v) is 4.82. The first kappa shape index (κ1) is 12.7. The van der Waals surface area contributed by atoms with Crippen molar-refractivity contribution in [3.8, 4) is 11.4 Å². The number of aryl methyl sites for hydroxylation is 1. The minimum Gasteiger partial charge on any atom is -0.389 e. The highest BCUT2D eigenvalue weighted by atomic mass is 16.3. The van der Waals surface area contributed by atoms with Gasteiger partial charge in [-0.15, -0.1) is 0 Å². The maximum absolute atomic E-state index is 9.62. The summed E-state index contributed by atoms with van der Waals surface area (Å²) < 4.78 is 0. The van der Waals surface area contributed by atoms with E-state index in [1.165, 1.54) is 0 Å². The van der Waals surface area contributed by atoms with Crippen LogP contribution in [0.4, 0.5) is 0 Å². The van der Waals surface area contributed by atoms with Crippen molar-refractivity contribution in [3.63, 3.8) is 0 Å². The molecule has 0 radical (unpaired) electrons. The molecule has 2 heterocycles. The third-order valence-electron chi connectivity index (χ3n) is 3.33. The van der Waals surface area contributed by atoms with Gasteiger partial charge < -0.3 is 5.11 Å². The van der Waals surface area contributed by atoms with Crippen LogP contribution in [0.5, 0.6) is 0 Å². The summed E-state index contributed by atoms with van der Waals surface area (Å²) in [5.41, 5.74) is 3.46. The van der Waals surface area contributed by atoms with Gasteiger partial charge in [-0.1, -0.05) is 6.07 Å². The number of benzene rings is 1. The van der Waals surface area contributed by atoms with Gasteiger partial charge in [-0.3, -0.25) is 4.98 Å². The standard InChI is InChI=1S/C16H15N3O/c1-10-14(11(2)20)9-18-16(19-10)13-5-6-15-12(8-13)4-3-7-17-15/h3-9,11,20H,1-2H3/t11-/m0/s1. The van der Waals surface area contributed by atoms with Gasteiger partial charge in [0, 0.05) is 34.6 Å². The first-order chi connectivity index (χ1) is 9.65. The molecule has 3 aromatic rings. The van der Waals surface area contributed by atoms with Gasteiger partial charge in [0.25, 0.3) is 0 Å². The highest BCUT2D eigenvalue weighted by molar-refractivity contribution is 5.83.